The molecule has 1 saturated heterocycles. The smallest absolute Gasteiger partial charge is 0.173 e. The van der Waals surface area contributed by atoms with Crippen LogP contribution in [0.15, 0.2) is 65.7 Å². The second kappa shape index (κ2) is 8.87. The third-order valence-electron chi connectivity index (χ3n) is 7.17. The highest BCUT2D eigenvalue weighted by atomic mass is 19.1. The first-order chi connectivity index (χ1) is 17.1. The summed E-state index contributed by atoms with van der Waals surface area (Å²) in [6, 6.07) is 13.1. The van der Waals surface area contributed by atoms with E-state index in [1.165, 1.54) is 30.5 Å². The van der Waals surface area contributed by atoms with Crippen LogP contribution < -0.4 is 4.74 Å². The van der Waals surface area contributed by atoms with Gasteiger partial charge in [0, 0.05) is 12.7 Å². The van der Waals surface area contributed by atoms with Crippen LogP contribution in [0.3, 0.4) is 0 Å². The summed E-state index contributed by atoms with van der Waals surface area (Å²) in [5.41, 5.74) is 5.13. The van der Waals surface area contributed by atoms with Crippen molar-refractivity contribution in [1.29, 1.82) is 0 Å². The van der Waals surface area contributed by atoms with Gasteiger partial charge in [0.25, 0.3) is 0 Å². The molecule has 2 aliphatic heterocycles. The van der Waals surface area contributed by atoms with E-state index in [9.17, 15) is 4.39 Å². The number of halogens is 1. The van der Waals surface area contributed by atoms with Crippen molar-refractivity contribution in [3.05, 3.63) is 83.2 Å². The summed E-state index contributed by atoms with van der Waals surface area (Å²) in [6.07, 6.45) is 10.2. The van der Waals surface area contributed by atoms with Gasteiger partial charge in [-0.05, 0) is 85.6 Å². The van der Waals surface area contributed by atoms with Crippen LogP contribution in [0, 0.1) is 18.7 Å². The molecule has 6 nitrogen and oxygen atoms in total. The number of amidine groups is 1. The van der Waals surface area contributed by atoms with Crippen LogP contribution in [0.1, 0.15) is 48.6 Å². The molecule has 0 bridgehead atoms. The third-order valence-corrected chi connectivity index (χ3v) is 7.17. The molecule has 2 atom stereocenters. The largest absolute Gasteiger partial charge is 0.495 e. The van der Waals surface area contributed by atoms with Gasteiger partial charge in [0.05, 0.1) is 30.9 Å². The minimum atomic E-state index is -0.232. The molecule has 180 valence electrons. The fourth-order valence-corrected chi connectivity index (χ4v) is 5.31. The molecule has 35 heavy (non-hydrogen) atoms. The monoisotopic (exact) mass is 472 g/mol. The molecule has 0 N–H and O–H groups in total. The van der Waals surface area contributed by atoms with Gasteiger partial charge in [-0.15, -0.1) is 0 Å². The number of methoxy groups -OCH3 is 1. The van der Waals surface area contributed by atoms with E-state index in [0.717, 1.165) is 53.5 Å². The van der Waals surface area contributed by atoms with Crippen molar-refractivity contribution in [3.63, 3.8) is 0 Å². The van der Waals surface area contributed by atoms with E-state index in [2.05, 4.69) is 39.3 Å². The number of benzene rings is 2. The van der Waals surface area contributed by atoms with Crippen molar-refractivity contribution in [2.75, 3.05) is 13.7 Å². The Morgan fingerprint density at radius 3 is 2.69 bits per heavy atom. The second-order valence-electron chi connectivity index (χ2n) is 9.64. The van der Waals surface area contributed by atoms with E-state index in [4.69, 9.17) is 9.57 Å². The minimum Gasteiger partial charge on any atom is -0.495 e. The van der Waals surface area contributed by atoms with Crippen LogP contribution in [0.2, 0.25) is 0 Å². The van der Waals surface area contributed by atoms with Crippen molar-refractivity contribution < 1.29 is 14.0 Å². The Balaban J connectivity index is 1.32. The van der Waals surface area contributed by atoms with Gasteiger partial charge in [0.2, 0.25) is 0 Å². The van der Waals surface area contributed by atoms with Crippen LogP contribution in [0.25, 0.3) is 11.8 Å². The van der Waals surface area contributed by atoms with Crippen LogP contribution in [-0.4, -0.2) is 40.0 Å². The zero-order valence-electron chi connectivity index (χ0n) is 20.0. The topological polar surface area (TPSA) is 51.9 Å². The van der Waals surface area contributed by atoms with Crippen molar-refractivity contribution in [3.8, 4) is 11.4 Å². The predicted molar refractivity (Wildman–Crippen MR) is 133 cm³/mol. The summed E-state index contributed by atoms with van der Waals surface area (Å²) in [5.74, 6) is 2.07. The molecule has 2 fully saturated rings. The number of hydrogen-bond acceptors (Lipinski definition) is 5. The van der Waals surface area contributed by atoms with Crippen molar-refractivity contribution >= 4 is 11.9 Å². The fraction of sp³-hybridized carbons (Fsp3) is 0.357. The number of piperidine rings is 1. The Morgan fingerprint density at radius 2 is 1.97 bits per heavy atom. The van der Waals surface area contributed by atoms with Gasteiger partial charge >= 0.3 is 0 Å². The molecular formula is C28H29FN4O2. The lowest BCUT2D eigenvalue weighted by molar-refractivity contribution is -0.0293. The summed E-state index contributed by atoms with van der Waals surface area (Å²) in [4.78, 5) is 12.9. The number of hydrogen-bond donors (Lipinski definition) is 0. The highest BCUT2D eigenvalue weighted by Crippen LogP contribution is 2.46. The molecule has 3 aromatic rings. The lowest BCUT2D eigenvalue weighted by Crippen LogP contribution is -2.51. The molecule has 2 aromatic carbocycles. The van der Waals surface area contributed by atoms with Gasteiger partial charge in [-0.3, -0.25) is 0 Å². The van der Waals surface area contributed by atoms with E-state index >= 15 is 0 Å². The van der Waals surface area contributed by atoms with E-state index in [1.807, 2.05) is 29.8 Å². The highest BCUT2D eigenvalue weighted by molar-refractivity contribution is 6.03. The molecule has 6 rings (SSSR count). The molecule has 0 radical (unpaired) electrons. The molecule has 1 saturated carbocycles. The molecule has 1 aliphatic carbocycles. The molecule has 0 spiro atoms. The van der Waals surface area contributed by atoms with E-state index < -0.39 is 0 Å². The summed E-state index contributed by atoms with van der Waals surface area (Å²) >= 11 is 0. The average Bonchev–Trinajstić information content (AvgIpc) is 3.63. The van der Waals surface area contributed by atoms with Crippen LogP contribution in [0.4, 0.5) is 4.39 Å². The average molecular weight is 473 g/mol. The molecule has 0 unspecified atom stereocenters. The number of aromatic nitrogens is 2. The SMILES string of the molecule is COc1cc(C=C2CCCN3C2=NO[C@@H](c2ccc(F)cc2)[C@@H]3C2CC2)ccc1-n1cnc(C)c1. The molecule has 3 heterocycles. The predicted octanol–water partition coefficient (Wildman–Crippen LogP) is 5.67. The zero-order valence-corrected chi connectivity index (χ0v) is 20.0. The maximum absolute atomic E-state index is 13.5. The van der Waals surface area contributed by atoms with Crippen LogP contribution >= 0.6 is 0 Å². The summed E-state index contributed by atoms with van der Waals surface area (Å²) in [5, 5.41) is 4.62. The number of nitrogens with zero attached hydrogens (tertiary/aromatic N) is 4. The minimum absolute atomic E-state index is 0.177. The van der Waals surface area contributed by atoms with Crippen molar-refractivity contribution in [2.24, 2.45) is 11.1 Å². The van der Waals surface area contributed by atoms with Gasteiger partial charge in [-0.1, -0.05) is 23.4 Å². The number of fused-ring (bicyclic) bond motifs is 1. The normalized spacial score (nSPS) is 23.0. The summed E-state index contributed by atoms with van der Waals surface area (Å²) < 4.78 is 21.2. The fourth-order valence-electron chi connectivity index (χ4n) is 5.31. The second-order valence-corrected chi connectivity index (χ2v) is 9.64. The quantitative estimate of drug-likeness (QED) is 0.480. The van der Waals surface area contributed by atoms with Gasteiger partial charge in [0.15, 0.2) is 11.9 Å². The van der Waals surface area contributed by atoms with Gasteiger partial charge in [0.1, 0.15) is 11.6 Å². The number of oxime groups is 1. The lowest BCUT2D eigenvalue weighted by atomic mass is 9.91. The summed E-state index contributed by atoms with van der Waals surface area (Å²) in [7, 11) is 1.69. The van der Waals surface area contributed by atoms with Crippen molar-refractivity contribution in [2.45, 2.75) is 44.8 Å². The first-order valence-corrected chi connectivity index (χ1v) is 12.3. The van der Waals surface area contributed by atoms with Crippen LogP contribution in [0.5, 0.6) is 5.75 Å². The molecule has 3 aliphatic rings. The number of rotatable bonds is 5. The Hall–Kier alpha value is -3.61. The first-order valence-electron chi connectivity index (χ1n) is 12.3. The van der Waals surface area contributed by atoms with E-state index in [1.54, 1.807) is 13.4 Å². The van der Waals surface area contributed by atoms with Crippen molar-refractivity contribution in [1.82, 2.24) is 14.5 Å². The Morgan fingerprint density at radius 1 is 1.14 bits per heavy atom. The lowest BCUT2D eigenvalue weighted by Gasteiger charge is -2.44. The van der Waals surface area contributed by atoms with E-state index in [-0.39, 0.29) is 18.0 Å². The number of aryl methyl sites for hydroxylation is 1. The molecule has 1 aromatic heterocycles. The van der Waals surface area contributed by atoms with Gasteiger partial charge < -0.3 is 19.0 Å². The van der Waals surface area contributed by atoms with Crippen LogP contribution in [-0.2, 0) is 4.84 Å². The molecular weight excluding hydrogens is 443 g/mol. The first kappa shape index (κ1) is 21.9. The number of imidazole rings is 1. The number of ether oxygens (including phenoxy) is 1. The Kier molecular flexibility index (Phi) is 5.55. The molecule has 7 heteroatoms. The highest BCUT2D eigenvalue weighted by Gasteiger charge is 2.47. The summed E-state index contributed by atoms with van der Waals surface area (Å²) in [6.45, 7) is 2.93. The third kappa shape index (κ3) is 4.20. The van der Waals surface area contributed by atoms with Gasteiger partial charge in [-0.25, -0.2) is 9.37 Å². The maximum atomic E-state index is 13.5. The van der Waals surface area contributed by atoms with E-state index in [0.29, 0.717) is 5.92 Å². The Bertz CT molecular complexity index is 1290. The standard InChI is InChI=1S/C28H29FN4O2/c1-18-16-32(17-30-18)24-12-5-19(15-25(24)34-2)14-22-4-3-13-33-26(20-6-7-20)27(35-31-28(22)33)21-8-10-23(29)11-9-21/h5,8-12,14-17,20,26-27H,3-4,6-7,13H2,1-2H3/t26-,27-/m0/s1. The maximum Gasteiger partial charge on any atom is 0.173 e. The zero-order chi connectivity index (χ0) is 23.9. The van der Waals surface area contributed by atoms with Gasteiger partial charge in [-0.2, -0.15) is 0 Å². The Labute approximate surface area is 204 Å². The molecule has 0 amide bonds.